The van der Waals surface area contributed by atoms with Crippen molar-refractivity contribution in [1.82, 2.24) is 9.55 Å². The maximum Gasteiger partial charge on any atom is 0.251 e. The zero-order valence-corrected chi connectivity index (χ0v) is 8.62. The Morgan fingerprint density at radius 2 is 2.43 bits per heavy atom. The van der Waals surface area contributed by atoms with Gasteiger partial charge in [-0.25, -0.2) is 0 Å². The molecule has 0 saturated carbocycles. The molecule has 0 spiro atoms. The van der Waals surface area contributed by atoms with Gasteiger partial charge in [-0.1, -0.05) is 0 Å². The molecule has 0 unspecified atom stereocenters. The number of thiazole rings is 1. The molecule has 0 radical (unpaired) electrons. The molecule has 0 N–H and O–H groups in total. The molecule has 2 rings (SSSR count). The number of nitrogens with zero attached hydrogens (tertiary/aromatic N) is 2. The van der Waals surface area contributed by atoms with Crippen LogP contribution in [-0.2, 0) is 6.54 Å². The fourth-order valence-electron chi connectivity index (χ4n) is 1.23. The Morgan fingerprint density at radius 3 is 3.07 bits per heavy atom. The molecular weight excluding hydrogens is 196 g/mol. The van der Waals surface area contributed by atoms with Crippen molar-refractivity contribution in [2.24, 2.45) is 0 Å². The number of pyridine rings is 1. The van der Waals surface area contributed by atoms with Crippen LogP contribution in [0.4, 0.5) is 0 Å². The van der Waals surface area contributed by atoms with Gasteiger partial charge in [0, 0.05) is 23.3 Å². The summed E-state index contributed by atoms with van der Waals surface area (Å²) >= 11 is 1.56. The van der Waals surface area contributed by atoms with Gasteiger partial charge >= 0.3 is 0 Å². The van der Waals surface area contributed by atoms with Crippen LogP contribution in [0.25, 0.3) is 0 Å². The smallest absolute Gasteiger partial charge is 0.251 e. The Bertz CT molecular complexity index is 473. The topological polar surface area (TPSA) is 34.9 Å². The summed E-state index contributed by atoms with van der Waals surface area (Å²) in [4.78, 5) is 16.6. The van der Waals surface area contributed by atoms with Crippen LogP contribution in [0.5, 0.6) is 0 Å². The summed E-state index contributed by atoms with van der Waals surface area (Å²) in [5.74, 6) is 0. The van der Waals surface area contributed by atoms with Crippen LogP contribution in [0.3, 0.4) is 0 Å². The molecule has 0 atom stereocenters. The van der Waals surface area contributed by atoms with Gasteiger partial charge in [0.2, 0.25) is 0 Å². The van der Waals surface area contributed by atoms with E-state index in [1.165, 1.54) is 0 Å². The molecule has 0 aromatic carbocycles. The quantitative estimate of drug-likeness (QED) is 0.749. The number of aromatic nitrogens is 2. The first kappa shape index (κ1) is 9.15. The van der Waals surface area contributed by atoms with Gasteiger partial charge < -0.3 is 4.57 Å². The summed E-state index contributed by atoms with van der Waals surface area (Å²) in [7, 11) is 0. The van der Waals surface area contributed by atoms with Gasteiger partial charge in [0.1, 0.15) is 0 Å². The number of rotatable bonds is 2. The Balaban J connectivity index is 2.30. The highest BCUT2D eigenvalue weighted by Crippen LogP contribution is 2.06. The summed E-state index contributed by atoms with van der Waals surface area (Å²) in [5.41, 5.74) is 2.81. The normalized spacial score (nSPS) is 10.4. The molecule has 2 aromatic rings. The van der Waals surface area contributed by atoms with Crippen LogP contribution in [0.2, 0.25) is 0 Å². The molecule has 0 aliphatic heterocycles. The van der Waals surface area contributed by atoms with Crippen LogP contribution < -0.4 is 5.56 Å². The summed E-state index contributed by atoms with van der Waals surface area (Å²) in [6.45, 7) is 2.53. The van der Waals surface area contributed by atoms with Crippen molar-refractivity contribution in [3.05, 3.63) is 50.8 Å². The van der Waals surface area contributed by atoms with Crippen LogP contribution in [0.15, 0.2) is 34.8 Å². The monoisotopic (exact) mass is 206 g/mol. The van der Waals surface area contributed by atoms with Gasteiger partial charge in [0.15, 0.2) is 0 Å². The first-order valence-electron chi connectivity index (χ1n) is 4.30. The maximum atomic E-state index is 11.5. The predicted octanol–water partition coefficient (Wildman–Crippen LogP) is 1.66. The van der Waals surface area contributed by atoms with E-state index >= 15 is 0 Å². The third-order valence-corrected chi connectivity index (χ3v) is 2.73. The van der Waals surface area contributed by atoms with Crippen molar-refractivity contribution < 1.29 is 0 Å². The van der Waals surface area contributed by atoms with E-state index in [4.69, 9.17) is 0 Å². The third kappa shape index (κ3) is 1.90. The third-order valence-electron chi connectivity index (χ3n) is 1.96. The van der Waals surface area contributed by atoms with Crippen LogP contribution in [-0.4, -0.2) is 9.55 Å². The van der Waals surface area contributed by atoms with Gasteiger partial charge in [-0.3, -0.25) is 9.78 Å². The van der Waals surface area contributed by atoms with Gasteiger partial charge in [0.25, 0.3) is 5.56 Å². The van der Waals surface area contributed by atoms with E-state index < -0.39 is 0 Å². The second-order valence-corrected chi connectivity index (χ2v) is 4.11. The summed E-state index contributed by atoms with van der Waals surface area (Å²) in [5, 5.41) is 0. The number of hydrogen-bond acceptors (Lipinski definition) is 3. The van der Waals surface area contributed by atoms with Crippen molar-refractivity contribution in [3.63, 3.8) is 0 Å². The molecule has 0 bridgehead atoms. The van der Waals surface area contributed by atoms with Gasteiger partial charge in [-0.05, 0) is 18.6 Å². The lowest BCUT2D eigenvalue weighted by Crippen LogP contribution is -2.18. The van der Waals surface area contributed by atoms with Crippen molar-refractivity contribution in [1.29, 1.82) is 0 Å². The highest BCUT2D eigenvalue weighted by Gasteiger charge is 1.98. The first-order chi connectivity index (χ1) is 6.75. The van der Waals surface area contributed by atoms with E-state index in [9.17, 15) is 4.79 Å². The van der Waals surface area contributed by atoms with E-state index in [1.54, 1.807) is 33.7 Å². The Kier molecular flexibility index (Phi) is 2.45. The second-order valence-electron chi connectivity index (χ2n) is 3.14. The average Bonchev–Trinajstić information content (AvgIpc) is 2.62. The van der Waals surface area contributed by atoms with Crippen molar-refractivity contribution >= 4 is 11.3 Å². The molecular formula is C10H10N2OS. The largest absolute Gasteiger partial charge is 0.310 e. The summed E-state index contributed by atoms with van der Waals surface area (Å²) in [6, 6.07) is 3.57. The molecule has 0 aliphatic rings. The molecule has 3 nitrogen and oxygen atoms in total. The molecule has 14 heavy (non-hydrogen) atoms. The van der Waals surface area contributed by atoms with E-state index in [1.807, 2.05) is 19.2 Å². The standard InChI is InChI=1S/C10H10N2OS/c1-8-2-3-12(10(13)4-8)6-9-5-11-7-14-9/h2-5,7H,6H2,1H3. The number of hydrogen-bond donors (Lipinski definition) is 0. The van der Waals surface area contributed by atoms with Gasteiger partial charge in [-0.15, -0.1) is 11.3 Å². The summed E-state index contributed by atoms with van der Waals surface area (Å²) in [6.07, 6.45) is 3.61. The predicted molar refractivity (Wildman–Crippen MR) is 56.7 cm³/mol. The Hall–Kier alpha value is -1.42. The second kappa shape index (κ2) is 3.75. The van der Waals surface area contributed by atoms with Crippen molar-refractivity contribution in [3.8, 4) is 0 Å². The lowest BCUT2D eigenvalue weighted by molar-refractivity contribution is 0.766. The highest BCUT2D eigenvalue weighted by molar-refractivity contribution is 7.09. The lowest BCUT2D eigenvalue weighted by Gasteiger charge is -2.02. The molecule has 2 heterocycles. The van der Waals surface area contributed by atoms with E-state index in [-0.39, 0.29) is 5.56 Å². The fourth-order valence-corrected chi connectivity index (χ4v) is 1.82. The van der Waals surface area contributed by atoms with Crippen molar-refractivity contribution in [2.45, 2.75) is 13.5 Å². The van der Waals surface area contributed by atoms with Crippen molar-refractivity contribution in [2.75, 3.05) is 0 Å². The van der Waals surface area contributed by atoms with Gasteiger partial charge in [0.05, 0.1) is 12.1 Å². The zero-order chi connectivity index (χ0) is 9.97. The van der Waals surface area contributed by atoms with E-state index in [2.05, 4.69) is 4.98 Å². The SMILES string of the molecule is Cc1ccn(Cc2cncs2)c(=O)c1. The minimum atomic E-state index is 0.0402. The first-order valence-corrected chi connectivity index (χ1v) is 5.18. The maximum absolute atomic E-state index is 11.5. The van der Waals surface area contributed by atoms with Crippen LogP contribution in [0, 0.1) is 6.92 Å². The molecule has 72 valence electrons. The number of aryl methyl sites for hydroxylation is 1. The Labute approximate surface area is 85.7 Å². The summed E-state index contributed by atoms with van der Waals surface area (Å²) < 4.78 is 1.68. The van der Waals surface area contributed by atoms with Gasteiger partial charge in [-0.2, -0.15) is 0 Å². The fraction of sp³-hybridized carbons (Fsp3) is 0.200. The molecule has 0 amide bonds. The average molecular weight is 206 g/mol. The van der Waals surface area contributed by atoms with E-state index in [0.717, 1.165) is 10.4 Å². The molecule has 2 aromatic heterocycles. The molecule has 0 fully saturated rings. The van der Waals surface area contributed by atoms with Crippen LogP contribution >= 0.6 is 11.3 Å². The molecule has 0 aliphatic carbocycles. The van der Waals surface area contributed by atoms with Crippen LogP contribution in [0.1, 0.15) is 10.4 Å². The lowest BCUT2D eigenvalue weighted by atomic mass is 10.3. The minimum Gasteiger partial charge on any atom is -0.310 e. The highest BCUT2D eigenvalue weighted by atomic mass is 32.1. The minimum absolute atomic E-state index is 0.0402. The zero-order valence-electron chi connectivity index (χ0n) is 7.80. The molecule has 0 saturated heterocycles. The van der Waals surface area contributed by atoms with E-state index in [0.29, 0.717) is 6.54 Å². The Morgan fingerprint density at radius 1 is 1.57 bits per heavy atom. The molecule has 4 heteroatoms.